The molecule has 0 aliphatic carbocycles. The average molecular weight is 605 g/mol. The molecule has 3 rings (SSSR count). The fourth-order valence-electron chi connectivity index (χ4n) is 2.47. The molecule has 0 amide bonds. The molecule has 21 heavy (non-hydrogen) atoms. The van der Waals surface area contributed by atoms with Gasteiger partial charge in [-0.25, -0.2) is 0 Å². The number of hydrogen-bond donors (Lipinski definition) is 0. The maximum absolute atomic E-state index is 2.33. The summed E-state index contributed by atoms with van der Waals surface area (Å²) in [5.41, 5.74) is 2.46. The van der Waals surface area contributed by atoms with Crippen LogP contribution in [0.15, 0.2) is 37.2 Å². The first-order valence-corrected chi connectivity index (χ1v) is 16.2. The summed E-state index contributed by atoms with van der Waals surface area (Å²) >= 11 is 4.65. The van der Waals surface area contributed by atoms with Gasteiger partial charge in [0.25, 0.3) is 0 Å². The second-order valence-electron chi connectivity index (χ2n) is 4.88. The monoisotopic (exact) mass is 604 g/mol. The van der Waals surface area contributed by atoms with Crippen LogP contribution >= 0.6 is 39.0 Å². The van der Waals surface area contributed by atoms with E-state index in [1.165, 1.54) is 11.4 Å². The van der Waals surface area contributed by atoms with Gasteiger partial charge >= 0.3 is 49.8 Å². The summed E-state index contributed by atoms with van der Waals surface area (Å²) in [6.45, 7) is 6.55. The van der Waals surface area contributed by atoms with Gasteiger partial charge in [0.15, 0.2) is 0 Å². The van der Waals surface area contributed by atoms with Gasteiger partial charge in [-0.15, -0.1) is 24.5 Å². The summed E-state index contributed by atoms with van der Waals surface area (Å²) in [6, 6.07) is 4.36. The molecule has 0 unspecified atom stereocenters. The topological polar surface area (TPSA) is 19.7 Å². The van der Waals surface area contributed by atoms with Gasteiger partial charge in [0, 0.05) is 0 Å². The van der Waals surface area contributed by atoms with E-state index in [0.29, 0.717) is 0 Å². The molecule has 0 N–H and O–H groups in total. The number of hydrogen-bond acceptors (Lipinski definition) is 0. The summed E-state index contributed by atoms with van der Waals surface area (Å²) in [7, 11) is 0.890. The van der Waals surface area contributed by atoms with E-state index in [1.54, 1.807) is 0 Å². The molecule has 122 valence electrons. The molecule has 0 aromatic rings. The van der Waals surface area contributed by atoms with Crippen molar-refractivity contribution in [2.45, 2.75) is 39.8 Å². The van der Waals surface area contributed by atoms with Crippen molar-refractivity contribution in [2.24, 2.45) is 0 Å². The third kappa shape index (κ3) is 4.39. The quantitative estimate of drug-likeness (QED) is 0.230. The van der Waals surface area contributed by atoms with Crippen molar-refractivity contribution in [1.82, 2.24) is 18.5 Å². The van der Waals surface area contributed by atoms with Crippen LogP contribution in [0.1, 0.15) is 26.7 Å². The molecule has 4 nitrogen and oxygen atoms in total. The Morgan fingerprint density at radius 3 is 1.62 bits per heavy atom. The first-order chi connectivity index (χ1) is 10.2. The van der Waals surface area contributed by atoms with Gasteiger partial charge in [-0.05, 0) is 38.6 Å². The van der Waals surface area contributed by atoms with Crippen LogP contribution in [0.5, 0.6) is 0 Å². The molecular formula is C14H20I2N4Pd-2. The van der Waals surface area contributed by atoms with Gasteiger partial charge in [0.05, 0.1) is 0 Å². The number of fused-ring (bicyclic) bond motifs is 3. The zero-order chi connectivity index (χ0) is 15.2. The standard InChI is InChI=1S/C14H20N4.2HI.Pd/c1-3-7-15-9-13-5-6-14-10-16(8-4-2)12-18(14)17(13)11-15;;;/h5-6,9-12H,3-4,7-8H2,1-2H3;2*1H;/q-2;;;+2/p-2. The van der Waals surface area contributed by atoms with Crippen LogP contribution in [-0.2, 0) is 23.8 Å². The van der Waals surface area contributed by atoms with Gasteiger partial charge in [-0.1, -0.05) is 25.2 Å². The van der Waals surface area contributed by atoms with Crippen molar-refractivity contribution >= 4 is 39.0 Å². The molecule has 3 aliphatic rings. The van der Waals surface area contributed by atoms with E-state index in [9.17, 15) is 0 Å². The Morgan fingerprint density at radius 1 is 0.905 bits per heavy atom. The Labute approximate surface area is 155 Å². The molecule has 7 heteroatoms. The predicted molar refractivity (Wildman–Crippen MR) is 101 cm³/mol. The Bertz CT molecular complexity index is 569. The predicted octanol–water partition coefficient (Wildman–Crippen LogP) is 4.90. The summed E-state index contributed by atoms with van der Waals surface area (Å²) < 4.78 is 8.91. The van der Waals surface area contributed by atoms with Crippen LogP contribution < -0.4 is 0 Å². The molecule has 0 spiro atoms. The minimum atomic E-state index is 0.890. The third-order valence-electron chi connectivity index (χ3n) is 3.26. The maximum atomic E-state index is 2.33. The Kier molecular flexibility index (Phi) is 7.38. The van der Waals surface area contributed by atoms with E-state index in [-0.39, 0.29) is 0 Å². The summed E-state index contributed by atoms with van der Waals surface area (Å²) in [4.78, 5) is 0. The number of aryl methyl sites for hydroxylation is 2. The molecule has 3 aliphatic heterocycles. The van der Waals surface area contributed by atoms with E-state index in [1.807, 2.05) is 0 Å². The zero-order valence-corrected chi connectivity index (χ0v) is 18.0. The van der Waals surface area contributed by atoms with Crippen molar-refractivity contribution in [2.75, 3.05) is 0 Å². The second-order valence-corrected chi connectivity index (χ2v) is 16.9. The fraction of sp³-hybridized carbons (Fsp3) is 0.429. The Morgan fingerprint density at radius 2 is 1.29 bits per heavy atom. The number of nitrogens with zero attached hydrogens (tertiary/aromatic N) is 4. The molecule has 3 heterocycles. The van der Waals surface area contributed by atoms with Crippen molar-refractivity contribution in [3.63, 3.8) is 0 Å². The van der Waals surface area contributed by atoms with Crippen molar-refractivity contribution in [1.29, 1.82) is 0 Å². The van der Waals surface area contributed by atoms with Crippen LogP contribution in [0, 0.1) is 0 Å². The van der Waals surface area contributed by atoms with Crippen LogP contribution in [0.4, 0.5) is 0 Å². The molecule has 0 atom stereocenters. The Balaban J connectivity index is 0.000000497. The van der Waals surface area contributed by atoms with Crippen molar-refractivity contribution in [3.05, 3.63) is 37.2 Å². The van der Waals surface area contributed by atoms with Crippen LogP contribution in [-0.4, -0.2) is 18.5 Å². The molecular weight excluding hydrogens is 584 g/mol. The first kappa shape index (κ1) is 17.6. The summed E-state index contributed by atoms with van der Waals surface area (Å²) in [5.74, 6) is 0. The Hall–Kier alpha value is 0.282. The van der Waals surface area contributed by atoms with Gasteiger partial charge in [0.1, 0.15) is 0 Å². The third-order valence-corrected chi connectivity index (χ3v) is 3.26. The van der Waals surface area contributed by atoms with Crippen molar-refractivity contribution in [3.8, 4) is 11.4 Å². The number of halogens is 2. The van der Waals surface area contributed by atoms with E-state index in [4.69, 9.17) is 0 Å². The van der Waals surface area contributed by atoms with E-state index >= 15 is 0 Å². The van der Waals surface area contributed by atoms with Gasteiger partial charge in [-0.3, -0.25) is 0 Å². The van der Waals surface area contributed by atoms with Crippen molar-refractivity contribution < 1.29 is 10.8 Å². The average Bonchev–Trinajstić information content (AvgIpc) is 3.02. The molecule has 0 fully saturated rings. The summed E-state index contributed by atoms with van der Waals surface area (Å²) in [5, 5.41) is 0. The minimum absolute atomic E-state index is 0.890. The van der Waals surface area contributed by atoms with Crippen LogP contribution in [0.2, 0.25) is 0 Å². The molecule has 0 aromatic heterocycles. The molecule has 0 radical (unpaired) electrons. The van der Waals surface area contributed by atoms with Gasteiger partial charge in [0.2, 0.25) is 0 Å². The van der Waals surface area contributed by atoms with E-state index < -0.39 is 0 Å². The second kappa shape index (κ2) is 8.79. The normalized spacial score (nSPS) is 11.0. The van der Waals surface area contributed by atoms with Crippen LogP contribution in [0.3, 0.4) is 0 Å². The first-order valence-electron chi connectivity index (χ1n) is 6.97. The van der Waals surface area contributed by atoms with E-state index in [0.717, 1.165) is 36.7 Å². The summed E-state index contributed by atoms with van der Waals surface area (Å²) in [6.07, 6.45) is 11.1. The SMILES string of the molecule is CCCn1cc2ccc3cn(CCC)[cH-]n-3n-2[cH-]1.[I][Pd][I]. The number of imidazole rings is 2. The van der Waals surface area contributed by atoms with Gasteiger partial charge < -0.3 is 18.5 Å². The molecule has 0 saturated heterocycles. The molecule has 0 aromatic carbocycles. The van der Waals surface area contributed by atoms with E-state index in [2.05, 4.69) is 109 Å². The zero-order valence-electron chi connectivity index (χ0n) is 12.2. The molecule has 0 bridgehead atoms. The number of rotatable bonds is 4. The van der Waals surface area contributed by atoms with Crippen LogP contribution in [0.25, 0.3) is 11.4 Å². The van der Waals surface area contributed by atoms with Gasteiger partial charge in [-0.2, -0.15) is 0 Å². The number of aromatic nitrogens is 4. The molecule has 0 saturated carbocycles. The fourth-order valence-corrected chi connectivity index (χ4v) is 2.47.